The molecule has 0 unspecified atom stereocenters. The zero-order valence-electron chi connectivity index (χ0n) is 15.1. The Bertz CT molecular complexity index is 910. The van der Waals surface area contributed by atoms with Gasteiger partial charge in [0.15, 0.2) is 0 Å². The first-order valence-corrected chi connectivity index (χ1v) is 11.0. The zero-order valence-corrected chi connectivity index (χ0v) is 17.5. The lowest BCUT2D eigenvalue weighted by Gasteiger charge is -2.33. The summed E-state index contributed by atoms with van der Waals surface area (Å²) in [4.78, 5) is 14.3. The van der Waals surface area contributed by atoms with Crippen LogP contribution in [0.15, 0.2) is 53.4 Å². The minimum absolute atomic E-state index is 0.0936. The normalized spacial score (nSPS) is 16.1. The van der Waals surface area contributed by atoms with E-state index in [-0.39, 0.29) is 17.3 Å². The van der Waals surface area contributed by atoms with Gasteiger partial charge in [0.25, 0.3) is 0 Å². The number of sulfonamides is 1. The quantitative estimate of drug-likeness (QED) is 0.747. The van der Waals surface area contributed by atoms with Crippen LogP contribution >= 0.6 is 23.2 Å². The Balaban J connectivity index is 1.47. The van der Waals surface area contributed by atoms with Crippen molar-refractivity contribution in [3.63, 3.8) is 0 Å². The topological polar surface area (TPSA) is 69.7 Å². The van der Waals surface area contributed by atoms with Crippen molar-refractivity contribution >= 4 is 39.1 Å². The lowest BCUT2D eigenvalue weighted by Crippen LogP contribution is -2.50. The van der Waals surface area contributed by atoms with Crippen LogP contribution in [0.3, 0.4) is 0 Å². The minimum Gasteiger partial charge on any atom is -0.351 e. The maximum Gasteiger partial charge on any atom is 0.243 e. The van der Waals surface area contributed by atoms with Crippen LogP contribution in [0.2, 0.25) is 10.0 Å². The molecule has 2 aromatic carbocycles. The van der Waals surface area contributed by atoms with Crippen LogP contribution in [0.1, 0.15) is 5.56 Å². The molecule has 0 radical (unpaired) electrons. The first kappa shape index (κ1) is 21.1. The number of nitrogens with one attached hydrogen (secondary N) is 1. The molecule has 2 aromatic rings. The van der Waals surface area contributed by atoms with Gasteiger partial charge in [-0.3, -0.25) is 9.69 Å². The van der Waals surface area contributed by atoms with Crippen LogP contribution < -0.4 is 5.32 Å². The summed E-state index contributed by atoms with van der Waals surface area (Å²) in [7, 11) is -3.54. The molecule has 1 fully saturated rings. The van der Waals surface area contributed by atoms with Gasteiger partial charge in [0, 0.05) is 42.8 Å². The van der Waals surface area contributed by atoms with Crippen molar-refractivity contribution in [1.82, 2.24) is 14.5 Å². The molecule has 1 aliphatic rings. The maximum atomic E-state index is 12.7. The Morgan fingerprint density at radius 3 is 2.00 bits per heavy atom. The van der Waals surface area contributed by atoms with Crippen molar-refractivity contribution in [2.45, 2.75) is 11.4 Å². The number of piperazine rings is 1. The van der Waals surface area contributed by atoms with Crippen molar-refractivity contribution in [2.24, 2.45) is 0 Å². The molecule has 0 spiro atoms. The zero-order chi connectivity index (χ0) is 20.1. The van der Waals surface area contributed by atoms with E-state index >= 15 is 0 Å². The van der Waals surface area contributed by atoms with Crippen molar-refractivity contribution in [1.29, 1.82) is 0 Å². The van der Waals surface area contributed by atoms with Crippen LogP contribution in [0.4, 0.5) is 0 Å². The monoisotopic (exact) mass is 441 g/mol. The average molecular weight is 442 g/mol. The third kappa shape index (κ3) is 5.46. The van der Waals surface area contributed by atoms with Crippen LogP contribution in [0.5, 0.6) is 0 Å². The number of rotatable bonds is 6. The molecule has 0 aromatic heterocycles. The molecule has 1 saturated heterocycles. The van der Waals surface area contributed by atoms with E-state index in [9.17, 15) is 13.2 Å². The lowest BCUT2D eigenvalue weighted by atomic mass is 10.2. The number of hydrogen-bond acceptors (Lipinski definition) is 4. The van der Waals surface area contributed by atoms with Gasteiger partial charge in [-0.2, -0.15) is 4.31 Å². The smallest absolute Gasteiger partial charge is 0.243 e. The summed E-state index contributed by atoms with van der Waals surface area (Å²) in [6.07, 6.45) is 0. The summed E-state index contributed by atoms with van der Waals surface area (Å²) in [5, 5.41) is 4.02. The van der Waals surface area contributed by atoms with Gasteiger partial charge < -0.3 is 5.32 Å². The average Bonchev–Trinajstić information content (AvgIpc) is 2.68. The molecule has 1 amide bonds. The predicted molar refractivity (Wildman–Crippen MR) is 110 cm³/mol. The second kappa shape index (κ2) is 9.24. The van der Waals surface area contributed by atoms with Gasteiger partial charge in [0.05, 0.1) is 11.4 Å². The number of amides is 1. The molecule has 9 heteroatoms. The third-order valence-electron chi connectivity index (χ3n) is 4.55. The third-order valence-corrected chi connectivity index (χ3v) is 6.97. The highest BCUT2D eigenvalue weighted by atomic mass is 35.5. The maximum absolute atomic E-state index is 12.7. The molecule has 0 bridgehead atoms. The number of hydrogen-bond donors (Lipinski definition) is 1. The Hall–Kier alpha value is -1.64. The second-order valence-electron chi connectivity index (χ2n) is 6.54. The molecule has 0 saturated carbocycles. The van der Waals surface area contributed by atoms with E-state index in [1.54, 1.807) is 24.3 Å². The molecule has 28 heavy (non-hydrogen) atoms. The largest absolute Gasteiger partial charge is 0.351 e. The number of carbonyl (C=O) groups excluding carboxylic acids is 1. The molecule has 6 nitrogen and oxygen atoms in total. The van der Waals surface area contributed by atoms with Crippen LogP contribution in [0, 0.1) is 0 Å². The van der Waals surface area contributed by atoms with Crippen molar-refractivity contribution in [3.8, 4) is 0 Å². The Labute approximate surface area is 175 Å². The summed E-state index contributed by atoms with van der Waals surface area (Å²) >= 11 is 11.7. The molecule has 1 aliphatic heterocycles. The van der Waals surface area contributed by atoms with E-state index in [0.717, 1.165) is 5.56 Å². The van der Waals surface area contributed by atoms with Crippen molar-refractivity contribution < 1.29 is 13.2 Å². The number of carbonyl (C=O) groups is 1. The summed E-state index contributed by atoms with van der Waals surface area (Å²) < 4.78 is 26.8. The van der Waals surface area contributed by atoms with E-state index < -0.39 is 10.0 Å². The summed E-state index contributed by atoms with van der Waals surface area (Å²) in [5.41, 5.74) is 0.969. The van der Waals surface area contributed by atoms with Crippen LogP contribution in [0.25, 0.3) is 0 Å². The molecule has 150 valence electrons. The summed E-state index contributed by atoms with van der Waals surface area (Å²) in [6.45, 7) is 2.36. The highest BCUT2D eigenvalue weighted by Gasteiger charge is 2.28. The first-order chi connectivity index (χ1) is 13.3. The second-order valence-corrected chi connectivity index (χ2v) is 9.35. The van der Waals surface area contributed by atoms with Gasteiger partial charge in [-0.25, -0.2) is 8.42 Å². The first-order valence-electron chi connectivity index (χ1n) is 8.84. The van der Waals surface area contributed by atoms with Gasteiger partial charge in [-0.15, -0.1) is 0 Å². The molecule has 1 heterocycles. The number of halogens is 2. The van der Waals surface area contributed by atoms with Crippen molar-refractivity contribution in [2.75, 3.05) is 32.7 Å². The fraction of sp³-hybridized carbons (Fsp3) is 0.316. The standard InChI is InChI=1S/C19H21Cl2N3O3S/c20-16-3-1-15(2-4-16)13-22-19(25)14-23-9-11-24(12-10-23)28(26,27)18-7-5-17(21)6-8-18/h1-8H,9-14H2,(H,22,25). The van der Waals surface area contributed by atoms with E-state index in [4.69, 9.17) is 23.2 Å². The van der Waals surface area contributed by atoms with Gasteiger partial charge in [0.1, 0.15) is 0 Å². The highest BCUT2D eigenvalue weighted by Crippen LogP contribution is 2.19. The number of benzene rings is 2. The highest BCUT2D eigenvalue weighted by molar-refractivity contribution is 7.89. The molecule has 0 atom stereocenters. The molecular weight excluding hydrogens is 421 g/mol. The van der Waals surface area contributed by atoms with E-state index in [0.29, 0.717) is 42.8 Å². The van der Waals surface area contributed by atoms with E-state index in [1.807, 2.05) is 17.0 Å². The summed E-state index contributed by atoms with van der Waals surface area (Å²) in [6, 6.07) is 13.4. The number of nitrogens with zero attached hydrogens (tertiary/aromatic N) is 2. The van der Waals surface area contributed by atoms with Gasteiger partial charge in [0.2, 0.25) is 15.9 Å². The minimum atomic E-state index is -3.54. The van der Waals surface area contributed by atoms with Crippen LogP contribution in [-0.4, -0.2) is 56.3 Å². The molecule has 1 N–H and O–H groups in total. The Morgan fingerprint density at radius 2 is 1.43 bits per heavy atom. The Morgan fingerprint density at radius 1 is 0.893 bits per heavy atom. The van der Waals surface area contributed by atoms with Crippen LogP contribution in [-0.2, 0) is 21.4 Å². The molecular formula is C19H21Cl2N3O3S. The van der Waals surface area contributed by atoms with Gasteiger partial charge in [-0.1, -0.05) is 35.3 Å². The van der Waals surface area contributed by atoms with Gasteiger partial charge in [-0.05, 0) is 42.0 Å². The molecule has 0 aliphatic carbocycles. The fourth-order valence-electron chi connectivity index (χ4n) is 2.95. The van der Waals surface area contributed by atoms with Gasteiger partial charge >= 0.3 is 0 Å². The summed E-state index contributed by atoms with van der Waals surface area (Å²) in [5.74, 6) is -0.0936. The molecule has 3 rings (SSSR count). The Kier molecular flexibility index (Phi) is 6.95. The van der Waals surface area contributed by atoms with E-state index in [1.165, 1.54) is 16.4 Å². The predicted octanol–water partition coefficient (Wildman–Crippen LogP) is 2.62. The fourth-order valence-corrected chi connectivity index (χ4v) is 4.62. The lowest BCUT2D eigenvalue weighted by molar-refractivity contribution is -0.122. The van der Waals surface area contributed by atoms with Crippen molar-refractivity contribution in [3.05, 3.63) is 64.1 Å². The van der Waals surface area contributed by atoms with E-state index in [2.05, 4.69) is 5.32 Å². The SMILES string of the molecule is O=C(CN1CCN(S(=O)(=O)c2ccc(Cl)cc2)CC1)NCc1ccc(Cl)cc1.